The van der Waals surface area contributed by atoms with Crippen LogP contribution in [0.1, 0.15) is 13.8 Å². The van der Waals surface area contributed by atoms with Gasteiger partial charge in [-0.05, 0) is 26.0 Å². The Kier molecular flexibility index (Phi) is 4.37. The minimum Gasteiger partial charge on any atom is -0.393 e. The first-order valence-electron chi connectivity index (χ1n) is 5.08. The number of pyridine rings is 1. The minimum atomic E-state index is -0.442. The number of rotatable bonds is 4. The number of nitrogens with two attached hydrogens (primary N) is 1. The lowest BCUT2D eigenvalue weighted by Crippen LogP contribution is -2.39. The molecule has 1 amide bonds. The molecule has 1 heterocycles. The fraction of sp³-hybridized carbons (Fsp3) is 0.364. The van der Waals surface area contributed by atoms with Crippen molar-refractivity contribution >= 4 is 28.8 Å². The van der Waals surface area contributed by atoms with Crippen molar-refractivity contribution in [3.63, 3.8) is 0 Å². The number of amides is 1. The highest BCUT2D eigenvalue weighted by Gasteiger charge is 2.22. The molecule has 0 aliphatic heterocycles. The average Bonchev–Trinajstić information content (AvgIpc) is 2.30. The van der Waals surface area contributed by atoms with E-state index in [-0.39, 0.29) is 10.9 Å². The molecule has 1 aromatic heterocycles. The highest BCUT2D eigenvalue weighted by molar-refractivity contribution is 7.80. The van der Waals surface area contributed by atoms with Gasteiger partial charge in [-0.1, -0.05) is 12.2 Å². The molecular weight excluding hydrogens is 222 g/mol. The highest BCUT2D eigenvalue weighted by Crippen LogP contribution is 2.15. The van der Waals surface area contributed by atoms with Crippen molar-refractivity contribution in [2.45, 2.75) is 13.8 Å². The van der Waals surface area contributed by atoms with Gasteiger partial charge in [0.25, 0.3) is 0 Å². The van der Waals surface area contributed by atoms with E-state index in [1.165, 1.54) is 0 Å². The van der Waals surface area contributed by atoms with Crippen LogP contribution in [-0.2, 0) is 4.79 Å². The minimum absolute atomic E-state index is 0.0822. The summed E-state index contributed by atoms with van der Waals surface area (Å²) in [6.45, 7) is 4.20. The SMILES string of the molecule is CCN(C(=O)C(C)C(N)=S)c1ccncc1. The van der Waals surface area contributed by atoms with Gasteiger partial charge in [-0.2, -0.15) is 0 Å². The van der Waals surface area contributed by atoms with Crippen molar-refractivity contribution in [1.29, 1.82) is 0 Å². The van der Waals surface area contributed by atoms with E-state index in [9.17, 15) is 4.79 Å². The molecule has 1 rings (SSSR count). The first-order valence-corrected chi connectivity index (χ1v) is 5.49. The van der Waals surface area contributed by atoms with Gasteiger partial charge in [0, 0.05) is 24.6 Å². The highest BCUT2D eigenvalue weighted by atomic mass is 32.1. The summed E-state index contributed by atoms with van der Waals surface area (Å²) in [4.78, 5) is 17.8. The van der Waals surface area contributed by atoms with Crippen LogP contribution in [0.2, 0.25) is 0 Å². The van der Waals surface area contributed by atoms with Crippen LogP contribution in [0.5, 0.6) is 0 Å². The number of nitrogens with zero attached hydrogens (tertiary/aromatic N) is 2. The number of carbonyl (C=O) groups is 1. The molecule has 0 saturated carbocycles. The third kappa shape index (κ3) is 2.76. The summed E-state index contributed by atoms with van der Waals surface area (Å²) >= 11 is 4.83. The lowest BCUT2D eigenvalue weighted by molar-refractivity contribution is -0.120. The van der Waals surface area contributed by atoms with Crippen LogP contribution in [0.25, 0.3) is 0 Å². The summed E-state index contributed by atoms with van der Waals surface area (Å²) in [6, 6.07) is 3.57. The van der Waals surface area contributed by atoms with E-state index < -0.39 is 5.92 Å². The Morgan fingerprint density at radius 3 is 2.56 bits per heavy atom. The van der Waals surface area contributed by atoms with Crippen molar-refractivity contribution in [2.24, 2.45) is 11.7 Å². The molecular formula is C11H15N3OS. The maximum Gasteiger partial charge on any atom is 0.236 e. The first-order chi connectivity index (χ1) is 7.57. The zero-order chi connectivity index (χ0) is 12.1. The first kappa shape index (κ1) is 12.6. The Bertz CT molecular complexity index is 380. The van der Waals surface area contributed by atoms with E-state index >= 15 is 0 Å². The molecule has 0 bridgehead atoms. The van der Waals surface area contributed by atoms with Crippen molar-refractivity contribution in [3.05, 3.63) is 24.5 Å². The van der Waals surface area contributed by atoms with Gasteiger partial charge in [0.05, 0.1) is 10.9 Å². The molecule has 0 aromatic carbocycles. The Balaban J connectivity index is 2.91. The zero-order valence-electron chi connectivity index (χ0n) is 9.38. The van der Waals surface area contributed by atoms with Gasteiger partial charge < -0.3 is 10.6 Å². The second-order valence-electron chi connectivity index (χ2n) is 3.41. The Labute approximate surface area is 100 Å². The number of thiocarbonyl (C=S) groups is 1. The van der Waals surface area contributed by atoms with Crippen LogP contribution in [0, 0.1) is 5.92 Å². The Morgan fingerprint density at radius 2 is 2.12 bits per heavy atom. The smallest absolute Gasteiger partial charge is 0.236 e. The second kappa shape index (κ2) is 5.55. The van der Waals surface area contributed by atoms with Crippen molar-refractivity contribution in [2.75, 3.05) is 11.4 Å². The molecule has 4 nitrogen and oxygen atoms in total. The summed E-state index contributed by atoms with van der Waals surface area (Å²) in [5, 5.41) is 0. The molecule has 1 atom stereocenters. The quantitative estimate of drug-likeness (QED) is 0.803. The molecule has 0 fully saturated rings. The molecule has 86 valence electrons. The number of hydrogen-bond donors (Lipinski definition) is 1. The fourth-order valence-electron chi connectivity index (χ4n) is 1.35. The summed E-state index contributed by atoms with van der Waals surface area (Å²) in [5.41, 5.74) is 6.29. The fourth-order valence-corrected chi connectivity index (χ4v) is 1.45. The number of hydrogen-bond acceptors (Lipinski definition) is 3. The predicted molar refractivity (Wildman–Crippen MR) is 68.2 cm³/mol. The Hall–Kier alpha value is -1.49. The molecule has 0 saturated heterocycles. The molecule has 16 heavy (non-hydrogen) atoms. The third-order valence-corrected chi connectivity index (χ3v) is 2.71. The molecule has 2 N–H and O–H groups in total. The average molecular weight is 237 g/mol. The van der Waals surface area contributed by atoms with Crippen LogP contribution in [0.15, 0.2) is 24.5 Å². The molecule has 0 aliphatic rings. The lowest BCUT2D eigenvalue weighted by Gasteiger charge is -2.23. The van der Waals surface area contributed by atoms with E-state index in [0.29, 0.717) is 6.54 Å². The largest absolute Gasteiger partial charge is 0.393 e. The summed E-state index contributed by atoms with van der Waals surface area (Å²) in [6.07, 6.45) is 3.30. The van der Waals surface area contributed by atoms with Crippen molar-refractivity contribution in [1.82, 2.24) is 4.98 Å². The third-order valence-electron chi connectivity index (χ3n) is 2.35. The van der Waals surface area contributed by atoms with E-state index in [4.69, 9.17) is 18.0 Å². The molecule has 0 aliphatic carbocycles. The topological polar surface area (TPSA) is 59.2 Å². The van der Waals surface area contributed by atoms with Gasteiger partial charge in [-0.25, -0.2) is 0 Å². The van der Waals surface area contributed by atoms with Gasteiger partial charge in [0.15, 0.2) is 0 Å². The normalized spacial score (nSPS) is 11.9. The van der Waals surface area contributed by atoms with Gasteiger partial charge in [-0.3, -0.25) is 9.78 Å². The summed E-state index contributed by atoms with van der Waals surface area (Å²) in [7, 11) is 0. The lowest BCUT2D eigenvalue weighted by atomic mass is 10.1. The number of anilines is 1. The van der Waals surface area contributed by atoms with Crippen molar-refractivity contribution < 1.29 is 4.79 Å². The van der Waals surface area contributed by atoms with Crippen LogP contribution in [-0.4, -0.2) is 22.4 Å². The predicted octanol–water partition coefficient (Wildman–Crippen LogP) is 1.36. The van der Waals surface area contributed by atoms with Crippen molar-refractivity contribution in [3.8, 4) is 0 Å². The van der Waals surface area contributed by atoms with Crippen LogP contribution >= 0.6 is 12.2 Å². The summed E-state index contributed by atoms with van der Waals surface area (Å²) in [5.74, 6) is -0.524. The van der Waals surface area contributed by atoms with Crippen LogP contribution in [0.4, 0.5) is 5.69 Å². The van der Waals surface area contributed by atoms with Crippen LogP contribution in [0.3, 0.4) is 0 Å². The molecule has 1 unspecified atom stereocenters. The molecule has 0 radical (unpaired) electrons. The monoisotopic (exact) mass is 237 g/mol. The number of carbonyl (C=O) groups excluding carboxylic acids is 1. The standard InChI is InChI=1S/C11H15N3OS/c1-3-14(9-4-6-13-7-5-9)11(15)8(2)10(12)16/h4-8H,3H2,1-2H3,(H2,12,16). The van der Waals surface area contributed by atoms with Gasteiger partial charge >= 0.3 is 0 Å². The zero-order valence-corrected chi connectivity index (χ0v) is 10.2. The maximum absolute atomic E-state index is 12.1. The van der Waals surface area contributed by atoms with E-state index in [1.807, 2.05) is 6.92 Å². The maximum atomic E-state index is 12.1. The van der Waals surface area contributed by atoms with E-state index in [1.54, 1.807) is 36.4 Å². The van der Waals surface area contributed by atoms with Gasteiger partial charge in [-0.15, -0.1) is 0 Å². The molecule has 5 heteroatoms. The van der Waals surface area contributed by atoms with Gasteiger partial charge in [0.2, 0.25) is 5.91 Å². The Morgan fingerprint density at radius 1 is 1.56 bits per heavy atom. The molecule has 0 spiro atoms. The number of aromatic nitrogens is 1. The van der Waals surface area contributed by atoms with E-state index in [0.717, 1.165) is 5.69 Å². The van der Waals surface area contributed by atoms with E-state index in [2.05, 4.69) is 4.98 Å². The summed E-state index contributed by atoms with van der Waals surface area (Å²) < 4.78 is 0. The second-order valence-corrected chi connectivity index (χ2v) is 3.88. The van der Waals surface area contributed by atoms with Crippen LogP contribution < -0.4 is 10.6 Å². The van der Waals surface area contributed by atoms with Gasteiger partial charge in [0.1, 0.15) is 0 Å². The molecule has 1 aromatic rings.